The van der Waals surface area contributed by atoms with E-state index in [-0.39, 0.29) is 12.5 Å². The zero-order valence-electron chi connectivity index (χ0n) is 15.1. The monoisotopic (exact) mass is 353 g/mol. The summed E-state index contributed by atoms with van der Waals surface area (Å²) in [5.41, 5.74) is 3.10. The third kappa shape index (κ3) is 4.23. The molecule has 136 valence electrons. The second-order valence-electron chi connectivity index (χ2n) is 6.46. The van der Waals surface area contributed by atoms with E-state index in [1.807, 2.05) is 49.4 Å². The van der Waals surface area contributed by atoms with E-state index < -0.39 is 12.1 Å². The molecule has 1 amide bonds. The summed E-state index contributed by atoms with van der Waals surface area (Å²) in [6.45, 7) is 3.92. The van der Waals surface area contributed by atoms with Crippen LogP contribution in [0.3, 0.4) is 0 Å². The van der Waals surface area contributed by atoms with Gasteiger partial charge in [-0.3, -0.25) is 4.79 Å². The lowest BCUT2D eigenvalue weighted by Gasteiger charge is -2.29. The highest BCUT2D eigenvalue weighted by Gasteiger charge is 2.24. The molecule has 5 heteroatoms. The van der Waals surface area contributed by atoms with Crippen molar-refractivity contribution in [3.8, 4) is 5.75 Å². The molecule has 1 atom stereocenters. The predicted octanol–water partition coefficient (Wildman–Crippen LogP) is 3.28. The topological polar surface area (TPSA) is 55.8 Å². The van der Waals surface area contributed by atoms with Crippen LogP contribution < -0.4 is 9.64 Å². The summed E-state index contributed by atoms with van der Waals surface area (Å²) >= 11 is 0. The number of nitrogens with zero attached hydrogens (tertiary/aromatic N) is 1. The number of anilines is 1. The maximum Gasteiger partial charge on any atom is 0.347 e. The number of hydrogen-bond donors (Lipinski definition) is 0. The lowest BCUT2D eigenvalue weighted by atomic mass is 10.0. The summed E-state index contributed by atoms with van der Waals surface area (Å²) in [4.78, 5) is 26.3. The Morgan fingerprint density at radius 2 is 1.96 bits per heavy atom. The molecule has 0 unspecified atom stereocenters. The minimum absolute atomic E-state index is 0.215. The number of hydrogen-bond acceptors (Lipinski definition) is 4. The van der Waals surface area contributed by atoms with Gasteiger partial charge in [0.1, 0.15) is 5.75 Å². The molecule has 2 aromatic carbocycles. The molecular weight excluding hydrogens is 330 g/mol. The Bertz CT molecular complexity index is 802. The van der Waals surface area contributed by atoms with Crippen molar-refractivity contribution in [2.75, 3.05) is 18.1 Å². The number of carbonyl (C=O) groups excluding carboxylic acids is 2. The molecule has 1 heterocycles. The van der Waals surface area contributed by atoms with Gasteiger partial charge in [0.2, 0.25) is 0 Å². The van der Waals surface area contributed by atoms with E-state index in [2.05, 4.69) is 0 Å². The van der Waals surface area contributed by atoms with Crippen LogP contribution in [0.15, 0.2) is 48.5 Å². The third-order valence-corrected chi connectivity index (χ3v) is 4.38. The fourth-order valence-corrected chi connectivity index (χ4v) is 3.06. The molecule has 1 aliphatic rings. The number of benzene rings is 2. The van der Waals surface area contributed by atoms with Crippen LogP contribution >= 0.6 is 0 Å². The average Bonchev–Trinajstić information content (AvgIpc) is 2.65. The van der Waals surface area contributed by atoms with Gasteiger partial charge in [-0.2, -0.15) is 0 Å². The van der Waals surface area contributed by atoms with E-state index in [1.54, 1.807) is 17.9 Å². The van der Waals surface area contributed by atoms with Gasteiger partial charge in [0.25, 0.3) is 5.91 Å². The highest BCUT2D eigenvalue weighted by atomic mass is 16.6. The first kappa shape index (κ1) is 18.0. The van der Waals surface area contributed by atoms with Gasteiger partial charge in [0.15, 0.2) is 12.7 Å². The van der Waals surface area contributed by atoms with Crippen molar-refractivity contribution in [3.05, 3.63) is 59.7 Å². The molecule has 0 saturated heterocycles. The maximum absolute atomic E-state index is 12.5. The summed E-state index contributed by atoms with van der Waals surface area (Å²) in [5, 5.41) is 0. The second kappa shape index (κ2) is 8.04. The molecule has 26 heavy (non-hydrogen) atoms. The normalized spacial score (nSPS) is 14.3. The summed E-state index contributed by atoms with van der Waals surface area (Å²) in [6.07, 6.45) is 1.09. The van der Waals surface area contributed by atoms with Crippen molar-refractivity contribution in [3.63, 3.8) is 0 Å². The van der Waals surface area contributed by atoms with Gasteiger partial charge in [-0.15, -0.1) is 0 Å². The van der Waals surface area contributed by atoms with E-state index >= 15 is 0 Å². The van der Waals surface area contributed by atoms with Gasteiger partial charge in [0.05, 0.1) is 0 Å². The molecule has 1 aliphatic heterocycles. The van der Waals surface area contributed by atoms with E-state index in [0.717, 1.165) is 29.7 Å². The van der Waals surface area contributed by atoms with E-state index in [1.165, 1.54) is 0 Å². The average molecular weight is 353 g/mol. The Kier molecular flexibility index (Phi) is 5.56. The Hall–Kier alpha value is -2.82. The zero-order valence-corrected chi connectivity index (χ0v) is 15.1. The number of para-hydroxylation sites is 1. The molecule has 0 saturated carbocycles. The van der Waals surface area contributed by atoms with Crippen molar-refractivity contribution < 1.29 is 19.1 Å². The summed E-state index contributed by atoms with van der Waals surface area (Å²) in [5.74, 6) is -0.163. The number of rotatable bonds is 5. The number of carbonyl (C=O) groups is 2. The number of amides is 1. The Balaban J connectivity index is 1.55. The first-order valence-corrected chi connectivity index (χ1v) is 8.83. The maximum atomic E-state index is 12.5. The Morgan fingerprint density at radius 1 is 1.15 bits per heavy atom. The van der Waals surface area contributed by atoms with Crippen molar-refractivity contribution in [2.45, 2.75) is 32.8 Å². The lowest BCUT2D eigenvalue weighted by molar-refractivity contribution is -0.154. The molecule has 0 aliphatic carbocycles. The summed E-state index contributed by atoms with van der Waals surface area (Å²) in [6, 6.07) is 15.3. The van der Waals surface area contributed by atoms with E-state index in [9.17, 15) is 9.59 Å². The minimum atomic E-state index is -0.779. The summed E-state index contributed by atoms with van der Waals surface area (Å²) in [7, 11) is 0. The molecule has 0 aromatic heterocycles. The minimum Gasteiger partial charge on any atom is -0.479 e. The van der Waals surface area contributed by atoms with Gasteiger partial charge in [-0.05, 0) is 56.0 Å². The van der Waals surface area contributed by atoms with E-state index in [4.69, 9.17) is 9.47 Å². The molecule has 0 fully saturated rings. The van der Waals surface area contributed by atoms with Gasteiger partial charge < -0.3 is 14.4 Å². The summed E-state index contributed by atoms with van der Waals surface area (Å²) < 4.78 is 10.8. The van der Waals surface area contributed by atoms with Crippen molar-refractivity contribution in [2.24, 2.45) is 0 Å². The van der Waals surface area contributed by atoms with Crippen LogP contribution in [0.5, 0.6) is 5.75 Å². The smallest absolute Gasteiger partial charge is 0.347 e. The third-order valence-electron chi connectivity index (χ3n) is 4.38. The lowest BCUT2D eigenvalue weighted by Crippen LogP contribution is -2.39. The van der Waals surface area contributed by atoms with Crippen LogP contribution in [0.1, 0.15) is 24.5 Å². The first-order valence-electron chi connectivity index (χ1n) is 8.83. The molecular formula is C21H23NO4. The SMILES string of the molecule is Cc1cccc(O[C@H](C)C(=O)OCC(=O)N2CCCc3ccccc32)c1. The largest absolute Gasteiger partial charge is 0.479 e. The van der Waals surface area contributed by atoms with Gasteiger partial charge in [-0.1, -0.05) is 30.3 Å². The van der Waals surface area contributed by atoms with E-state index in [0.29, 0.717) is 12.3 Å². The number of aryl methyl sites for hydroxylation is 2. The molecule has 0 radical (unpaired) electrons. The standard InChI is InChI=1S/C21H23NO4/c1-15-7-5-10-18(13-15)26-16(2)21(24)25-14-20(23)22-12-6-9-17-8-3-4-11-19(17)22/h3-5,7-8,10-11,13,16H,6,9,12,14H2,1-2H3/t16-/m1/s1. The Labute approximate surface area is 153 Å². The fourth-order valence-electron chi connectivity index (χ4n) is 3.06. The van der Waals surface area contributed by atoms with Crippen LogP contribution in [0, 0.1) is 6.92 Å². The van der Waals surface area contributed by atoms with Gasteiger partial charge in [-0.25, -0.2) is 4.79 Å². The molecule has 5 nitrogen and oxygen atoms in total. The zero-order chi connectivity index (χ0) is 18.5. The number of fused-ring (bicyclic) bond motifs is 1. The molecule has 0 spiro atoms. The highest BCUT2D eigenvalue weighted by Crippen LogP contribution is 2.26. The second-order valence-corrected chi connectivity index (χ2v) is 6.46. The quantitative estimate of drug-likeness (QED) is 0.774. The van der Waals surface area contributed by atoms with Crippen molar-refractivity contribution >= 4 is 17.6 Å². The Morgan fingerprint density at radius 3 is 2.77 bits per heavy atom. The predicted molar refractivity (Wildman–Crippen MR) is 99.3 cm³/mol. The van der Waals surface area contributed by atoms with Gasteiger partial charge in [0, 0.05) is 12.2 Å². The highest BCUT2D eigenvalue weighted by molar-refractivity contribution is 5.96. The molecule has 0 N–H and O–H groups in total. The number of esters is 1. The number of ether oxygens (including phenoxy) is 2. The van der Waals surface area contributed by atoms with Gasteiger partial charge >= 0.3 is 5.97 Å². The van der Waals surface area contributed by atoms with Crippen LogP contribution in [-0.4, -0.2) is 31.1 Å². The van der Waals surface area contributed by atoms with Crippen molar-refractivity contribution in [1.29, 1.82) is 0 Å². The van der Waals surface area contributed by atoms with Crippen LogP contribution in [-0.2, 0) is 20.7 Å². The molecule has 2 aromatic rings. The molecule has 0 bridgehead atoms. The molecule has 3 rings (SSSR count). The van der Waals surface area contributed by atoms with Crippen LogP contribution in [0.4, 0.5) is 5.69 Å². The van der Waals surface area contributed by atoms with Crippen LogP contribution in [0.2, 0.25) is 0 Å². The first-order chi connectivity index (χ1) is 12.5. The fraction of sp³-hybridized carbons (Fsp3) is 0.333. The van der Waals surface area contributed by atoms with Crippen LogP contribution in [0.25, 0.3) is 0 Å². The van der Waals surface area contributed by atoms with Crippen molar-refractivity contribution in [1.82, 2.24) is 0 Å².